The second-order valence-corrected chi connectivity index (χ2v) is 5.87. The van der Waals surface area contributed by atoms with Crippen LogP contribution in [0.5, 0.6) is 5.75 Å². The van der Waals surface area contributed by atoms with Crippen LogP contribution in [0.1, 0.15) is 23.6 Å². The van der Waals surface area contributed by atoms with E-state index in [-0.39, 0.29) is 5.91 Å². The molecule has 0 aromatic heterocycles. The number of ether oxygens (including phenoxy) is 1. The number of hydrogen-bond acceptors (Lipinski definition) is 2. The van der Waals surface area contributed by atoms with E-state index >= 15 is 0 Å². The van der Waals surface area contributed by atoms with Gasteiger partial charge in [-0.1, -0.05) is 17.7 Å². The van der Waals surface area contributed by atoms with Crippen molar-refractivity contribution in [3.63, 3.8) is 0 Å². The second-order valence-electron chi connectivity index (χ2n) is 5.46. The molecule has 0 saturated carbocycles. The molecule has 0 fully saturated rings. The van der Waals surface area contributed by atoms with E-state index in [1.807, 2.05) is 45.0 Å². The molecule has 2 rings (SSSR count). The third-order valence-corrected chi connectivity index (χ3v) is 4.01. The molecule has 1 N–H and O–H groups in total. The number of amides is 1. The highest BCUT2D eigenvalue weighted by Gasteiger charge is 2.15. The van der Waals surface area contributed by atoms with E-state index in [9.17, 15) is 4.79 Å². The topological polar surface area (TPSA) is 38.3 Å². The minimum absolute atomic E-state index is 0.184. The van der Waals surface area contributed by atoms with Crippen LogP contribution in [-0.2, 0) is 4.79 Å². The van der Waals surface area contributed by atoms with Crippen LogP contribution >= 0.6 is 11.6 Å². The van der Waals surface area contributed by atoms with Crippen molar-refractivity contribution in [2.24, 2.45) is 0 Å². The molecule has 0 aliphatic carbocycles. The van der Waals surface area contributed by atoms with E-state index in [0.717, 1.165) is 16.8 Å². The molecule has 0 aliphatic heterocycles. The fourth-order valence-electron chi connectivity index (χ4n) is 2.01. The Balaban J connectivity index is 2.02. The first-order valence-electron chi connectivity index (χ1n) is 7.18. The minimum atomic E-state index is -0.595. The van der Waals surface area contributed by atoms with Gasteiger partial charge in [-0.05, 0) is 74.7 Å². The summed E-state index contributed by atoms with van der Waals surface area (Å²) in [5.74, 6) is 0.445. The molecule has 0 aliphatic rings. The number of aryl methyl sites for hydroxylation is 3. The molecule has 1 atom stereocenters. The zero-order valence-corrected chi connectivity index (χ0v) is 14.0. The molecule has 0 saturated heterocycles. The van der Waals surface area contributed by atoms with Gasteiger partial charge in [0.25, 0.3) is 5.91 Å². The van der Waals surface area contributed by atoms with Crippen molar-refractivity contribution in [2.75, 3.05) is 5.32 Å². The number of carbonyl (C=O) groups is 1. The summed E-state index contributed by atoms with van der Waals surface area (Å²) in [4.78, 5) is 12.2. The van der Waals surface area contributed by atoms with Crippen LogP contribution in [-0.4, -0.2) is 12.0 Å². The van der Waals surface area contributed by atoms with Gasteiger partial charge in [-0.3, -0.25) is 4.79 Å². The molecule has 3 nitrogen and oxygen atoms in total. The molecule has 0 heterocycles. The van der Waals surface area contributed by atoms with Gasteiger partial charge < -0.3 is 10.1 Å². The van der Waals surface area contributed by atoms with Crippen molar-refractivity contribution in [1.29, 1.82) is 0 Å². The highest BCUT2D eigenvalue weighted by molar-refractivity contribution is 6.31. The lowest BCUT2D eigenvalue weighted by atomic mass is 10.1. The Morgan fingerprint density at radius 1 is 1.05 bits per heavy atom. The van der Waals surface area contributed by atoms with E-state index < -0.39 is 6.10 Å². The molecule has 0 unspecified atom stereocenters. The average Bonchev–Trinajstić information content (AvgIpc) is 2.46. The summed E-state index contributed by atoms with van der Waals surface area (Å²) in [7, 11) is 0. The zero-order valence-electron chi connectivity index (χ0n) is 13.2. The molecule has 1 amide bonds. The van der Waals surface area contributed by atoms with Gasteiger partial charge in [0.15, 0.2) is 6.10 Å². The SMILES string of the molecule is Cc1ccc(NC(=O)[C@H](C)Oc2ccc(Cl)c(C)c2)cc1C. The van der Waals surface area contributed by atoms with Gasteiger partial charge in [0, 0.05) is 10.7 Å². The van der Waals surface area contributed by atoms with Crippen LogP contribution in [0.25, 0.3) is 0 Å². The molecular formula is C18H20ClNO2. The van der Waals surface area contributed by atoms with E-state index in [0.29, 0.717) is 10.8 Å². The fraction of sp³-hybridized carbons (Fsp3) is 0.278. The van der Waals surface area contributed by atoms with E-state index in [4.69, 9.17) is 16.3 Å². The number of carbonyl (C=O) groups excluding carboxylic acids is 1. The maximum Gasteiger partial charge on any atom is 0.265 e. The fourth-order valence-corrected chi connectivity index (χ4v) is 2.13. The third-order valence-electron chi connectivity index (χ3n) is 3.59. The molecule has 116 valence electrons. The smallest absolute Gasteiger partial charge is 0.265 e. The highest BCUT2D eigenvalue weighted by atomic mass is 35.5. The Labute approximate surface area is 136 Å². The number of nitrogens with one attached hydrogen (secondary N) is 1. The van der Waals surface area contributed by atoms with Crippen molar-refractivity contribution in [3.8, 4) is 5.75 Å². The molecule has 0 spiro atoms. The molecular weight excluding hydrogens is 298 g/mol. The summed E-state index contributed by atoms with van der Waals surface area (Å²) in [6, 6.07) is 11.2. The summed E-state index contributed by atoms with van der Waals surface area (Å²) in [5, 5.41) is 3.55. The van der Waals surface area contributed by atoms with Crippen molar-refractivity contribution in [3.05, 3.63) is 58.1 Å². The normalized spacial score (nSPS) is 11.9. The Morgan fingerprint density at radius 2 is 1.77 bits per heavy atom. The van der Waals surface area contributed by atoms with Gasteiger partial charge in [-0.25, -0.2) is 0 Å². The predicted molar refractivity (Wildman–Crippen MR) is 90.8 cm³/mol. The molecule has 2 aromatic carbocycles. The average molecular weight is 318 g/mol. The van der Waals surface area contributed by atoms with Crippen LogP contribution in [0, 0.1) is 20.8 Å². The van der Waals surface area contributed by atoms with Crippen molar-refractivity contribution >= 4 is 23.2 Å². The Kier molecular flexibility index (Phi) is 5.09. The van der Waals surface area contributed by atoms with Gasteiger partial charge in [0.2, 0.25) is 0 Å². The molecule has 22 heavy (non-hydrogen) atoms. The molecule has 2 aromatic rings. The lowest BCUT2D eigenvalue weighted by Crippen LogP contribution is -2.30. The number of anilines is 1. The first-order chi connectivity index (χ1) is 10.4. The predicted octanol–water partition coefficient (Wildman–Crippen LogP) is 4.67. The number of hydrogen-bond donors (Lipinski definition) is 1. The van der Waals surface area contributed by atoms with Gasteiger partial charge in [-0.15, -0.1) is 0 Å². The Bertz CT molecular complexity index is 697. The largest absolute Gasteiger partial charge is 0.481 e. The van der Waals surface area contributed by atoms with Gasteiger partial charge in [-0.2, -0.15) is 0 Å². The Morgan fingerprint density at radius 3 is 2.41 bits per heavy atom. The highest BCUT2D eigenvalue weighted by Crippen LogP contribution is 2.22. The van der Waals surface area contributed by atoms with Crippen molar-refractivity contribution < 1.29 is 9.53 Å². The van der Waals surface area contributed by atoms with Crippen LogP contribution in [0.3, 0.4) is 0 Å². The third kappa shape index (κ3) is 4.01. The monoisotopic (exact) mass is 317 g/mol. The van der Waals surface area contributed by atoms with Gasteiger partial charge in [0.1, 0.15) is 5.75 Å². The maximum absolute atomic E-state index is 12.2. The van der Waals surface area contributed by atoms with E-state index in [1.165, 1.54) is 5.56 Å². The van der Waals surface area contributed by atoms with Gasteiger partial charge in [0.05, 0.1) is 0 Å². The lowest BCUT2D eigenvalue weighted by Gasteiger charge is -2.16. The molecule has 0 radical (unpaired) electrons. The first kappa shape index (κ1) is 16.4. The standard InChI is InChI=1S/C18H20ClNO2/c1-11-5-6-15(9-12(11)2)20-18(21)14(4)22-16-7-8-17(19)13(3)10-16/h5-10,14H,1-4H3,(H,20,21)/t14-/m0/s1. The summed E-state index contributed by atoms with van der Waals surface area (Å²) >= 11 is 5.98. The number of rotatable bonds is 4. The quantitative estimate of drug-likeness (QED) is 0.889. The Hall–Kier alpha value is -2.00. The summed E-state index contributed by atoms with van der Waals surface area (Å²) in [6.07, 6.45) is -0.595. The summed E-state index contributed by atoms with van der Waals surface area (Å²) in [6.45, 7) is 7.67. The van der Waals surface area contributed by atoms with Crippen LogP contribution in [0.4, 0.5) is 5.69 Å². The zero-order chi connectivity index (χ0) is 16.3. The van der Waals surface area contributed by atoms with Gasteiger partial charge >= 0.3 is 0 Å². The van der Waals surface area contributed by atoms with Crippen molar-refractivity contribution in [1.82, 2.24) is 0 Å². The van der Waals surface area contributed by atoms with Crippen LogP contribution < -0.4 is 10.1 Å². The van der Waals surface area contributed by atoms with E-state index in [2.05, 4.69) is 5.32 Å². The maximum atomic E-state index is 12.2. The molecule has 0 bridgehead atoms. The number of halogens is 1. The second kappa shape index (κ2) is 6.84. The van der Waals surface area contributed by atoms with Crippen molar-refractivity contribution in [2.45, 2.75) is 33.8 Å². The molecule has 4 heteroatoms. The summed E-state index contributed by atoms with van der Waals surface area (Å²) < 4.78 is 5.67. The summed E-state index contributed by atoms with van der Waals surface area (Å²) in [5.41, 5.74) is 4.02. The van der Waals surface area contributed by atoms with Crippen LogP contribution in [0.2, 0.25) is 5.02 Å². The first-order valence-corrected chi connectivity index (χ1v) is 7.55. The van der Waals surface area contributed by atoms with E-state index in [1.54, 1.807) is 19.1 Å². The van der Waals surface area contributed by atoms with Crippen LogP contribution in [0.15, 0.2) is 36.4 Å². The number of benzene rings is 2. The minimum Gasteiger partial charge on any atom is -0.481 e. The lowest BCUT2D eigenvalue weighted by molar-refractivity contribution is -0.122.